The number of carbonyl (C=O) groups excluding carboxylic acids is 1. The first kappa shape index (κ1) is 19.8. The number of amides is 1. The molecule has 7 nitrogen and oxygen atoms in total. The highest BCUT2D eigenvalue weighted by atomic mass is 32.2. The molecule has 2 aromatic rings. The molecule has 0 saturated carbocycles. The Bertz CT molecular complexity index is 1030. The Labute approximate surface area is 164 Å². The maximum Gasteiger partial charge on any atom is 0.276 e. The summed E-state index contributed by atoms with van der Waals surface area (Å²) < 4.78 is 36.6. The van der Waals surface area contributed by atoms with Crippen molar-refractivity contribution in [2.75, 3.05) is 11.9 Å². The van der Waals surface area contributed by atoms with Crippen LogP contribution in [0.15, 0.2) is 41.9 Å². The van der Waals surface area contributed by atoms with Crippen molar-refractivity contribution in [3.05, 3.63) is 54.1 Å². The molecule has 146 valence electrons. The highest BCUT2D eigenvalue weighted by Crippen LogP contribution is 2.34. The van der Waals surface area contributed by atoms with Crippen LogP contribution < -0.4 is 14.8 Å². The number of nitrogens with one attached hydrogen (secondary N) is 2. The maximum atomic E-state index is 13.5. The number of hydrogen-bond acceptors (Lipinski definition) is 4. The Balaban J connectivity index is 1.95. The molecule has 28 heavy (non-hydrogen) atoms. The summed E-state index contributed by atoms with van der Waals surface area (Å²) >= 11 is 0. The van der Waals surface area contributed by atoms with Crippen LogP contribution in [0.25, 0.3) is 0 Å². The highest BCUT2D eigenvalue weighted by Gasteiger charge is 2.36. The summed E-state index contributed by atoms with van der Waals surface area (Å²) in [6, 6.07) is 5.44. The van der Waals surface area contributed by atoms with Crippen LogP contribution in [0.4, 0.5) is 10.1 Å². The Hall–Kier alpha value is -2.96. The third-order valence-corrected chi connectivity index (χ3v) is 5.94. The minimum atomic E-state index is -1.60. The molecule has 2 unspecified atom stereocenters. The topological polar surface area (TPSA) is 96.2 Å². The highest BCUT2D eigenvalue weighted by molar-refractivity contribution is 7.83. The average Bonchev–Trinajstić information content (AvgIpc) is 2.96. The summed E-state index contributed by atoms with van der Waals surface area (Å²) in [6.45, 7) is 5.86. The lowest BCUT2D eigenvalue weighted by Gasteiger charge is -2.27. The average molecular weight is 402 g/mol. The fraction of sp³-hybridized carbons (Fsp3) is 0.263. The normalized spacial score (nSPS) is 21.0. The van der Waals surface area contributed by atoms with Crippen molar-refractivity contribution in [3.63, 3.8) is 0 Å². The zero-order valence-corrected chi connectivity index (χ0v) is 16.2. The van der Waals surface area contributed by atoms with Crippen LogP contribution in [0.1, 0.15) is 29.4 Å². The SMILES string of the molecule is C=CC1(CC)COc2c(cn(C)c2C(=O)Nc2ccc(F)c(C#N)c2)S(=O)N1. The van der Waals surface area contributed by atoms with Gasteiger partial charge in [0.15, 0.2) is 11.4 Å². The van der Waals surface area contributed by atoms with E-state index in [1.54, 1.807) is 25.4 Å². The summed E-state index contributed by atoms with van der Waals surface area (Å²) in [4.78, 5) is 13.2. The number of nitriles is 1. The molecule has 1 aromatic heterocycles. The molecule has 3 rings (SSSR count). The largest absolute Gasteiger partial charge is 0.487 e. The molecule has 0 spiro atoms. The monoisotopic (exact) mass is 402 g/mol. The molecule has 1 amide bonds. The van der Waals surface area contributed by atoms with E-state index in [-0.39, 0.29) is 29.3 Å². The smallest absolute Gasteiger partial charge is 0.276 e. The first-order valence-electron chi connectivity index (χ1n) is 8.50. The molecule has 1 aliphatic heterocycles. The summed E-state index contributed by atoms with van der Waals surface area (Å²) in [6.07, 6.45) is 3.82. The standard InChI is InChI=1S/C19H19FN4O3S/c1-4-19(5-2)11-27-17-15(28(26)23-19)10-24(3)16(17)18(25)22-13-6-7-14(20)12(8-13)9-21/h4,6-8,10,23H,1,5,11H2,2-3H3,(H,22,25). The molecule has 0 saturated heterocycles. The number of ether oxygens (including phenoxy) is 1. The van der Waals surface area contributed by atoms with E-state index in [0.29, 0.717) is 11.3 Å². The number of rotatable bonds is 4. The Kier molecular flexibility index (Phi) is 5.36. The van der Waals surface area contributed by atoms with Crippen molar-refractivity contribution in [2.45, 2.75) is 23.8 Å². The van der Waals surface area contributed by atoms with Crippen molar-refractivity contribution in [3.8, 4) is 11.8 Å². The van der Waals surface area contributed by atoms with E-state index in [2.05, 4.69) is 16.6 Å². The van der Waals surface area contributed by atoms with Gasteiger partial charge in [0.2, 0.25) is 0 Å². The van der Waals surface area contributed by atoms with Gasteiger partial charge in [0, 0.05) is 18.9 Å². The zero-order valence-electron chi connectivity index (χ0n) is 15.4. The summed E-state index contributed by atoms with van der Waals surface area (Å²) in [5.74, 6) is -0.983. The van der Waals surface area contributed by atoms with Crippen LogP contribution in [0.5, 0.6) is 5.75 Å². The van der Waals surface area contributed by atoms with Gasteiger partial charge in [-0.25, -0.2) is 13.3 Å². The van der Waals surface area contributed by atoms with Gasteiger partial charge in [0.25, 0.3) is 5.91 Å². The second-order valence-electron chi connectivity index (χ2n) is 6.42. The number of aromatic nitrogens is 1. The quantitative estimate of drug-likeness (QED) is 0.769. The zero-order chi connectivity index (χ0) is 20.5. The molecule has 2 atom stereocenters. The van der Waals surface area contributed by atoms with Gasteiger partial charge < -0.3 is 14.6 Å². The number of benzene rings is 1. The Morgan fingerprint density at radius 3 is 3.00 bits per heavy atom. The van der Waals surface area contributed by atoms with Gasteiger partial charge in [0.1, 0.15) is 34.4 Å². The van der Waals surface area contributed by atoms with E-state index in [1.807, 2.05) is 6.92 Å². The summed E-state index contributed by atoms with van der Waals surface area (Å²) in [5.41, 5.74) is -0.422. The van der Waals surface area contributed by atoms with Crippen LogP contribution >= 0.6 is 0 Å². The van der Waals surface area contributed by atoms with Crippen molar-refractivity contribution in [2.24, 2.45) is 7.05 Å². The number of aryl methyl sites for hydroxylation is 1. The molecule has 1 aliphatic rings. The van der Waals surface area contributed by atoms with E-state index in [1.165, 1.54) is 16.7 Å². The predicted molar refractivity (Wildman–Crippen MR) is 103 cm³/mol. The van der Waals surface area contributed by atoms with Crippen molar-refractivity contribution >= 4 is 22.6 Å². The van der Waals surface area contributed by atoms with Crippen molar-refractivity contribution < 1.29 is 18.1 Å². The number of fused-ring (bicyclic) bond motifs is 1. The van der Waals surface area contributed by atoms with Gasteiger partial charge in [0.05, 0.1) is 11.1 Å². The van der Waals surface area contributed by atoms with E-state index < -0.39 is 28.2 Å². The molecular formula is C19H19FN4O3S. The fourth-order valence-corrected chi connectivity index (χ4v) is 4.22. The molecule has 0 fully saturated rings. The van der Waals surface area contributed by atoms with Gasteiger partial charge in [-0.3, -0.25) is 4.79 Å². The number of nitrogens with zero attached hydrogens (tertiary/aromatic N) is 2. The molecule has 0 radical (unpaired) electrons. The number of carbonyl (C=O) groups is 1. The van der Waals surface area contributed by atoms with Crippen LogP contribution in [0, 0.1) is 17.1 Å². The van der Waals surface area contributed by atoms with Gasteiger partial charge in [-0.05, 0) is 24.6 Å². The van der Waals surface area contributed by atoms with Crippen molar-refractivity contribution in [1.82, 2.24) is 9.29 Å². The Morgan fingerprint density at radius 2 is 2.36 bits per heavy atom. The lowest BCUT2D eigenvalue weighted by molar-refractivity contribution is 0.101. The number of halogens is 1. The molecule has 2 N–H and O–H groups in total. The third kappa shape index (κ3) is 3.44. The second-order valence-corrected chi connectivity index (χ2v) is 7.60. The first-order chi connectivity index (χ1) is 13.3. The minimum absolute atomic E-state index is 0.158. The number of hydrogen-bond donors (Lipinski definition) is 2. The maximum absolute atomic E-state index is 13.5. The van der Waals surface area contributed by atoms with Gasteiger partial charge in [-0.15, -0.1) is 6.58 Å². The van der Waals surface area contributed by atoms with Crippen LogP contribution in [-0.4, -0.2) is 26.8 Å². The van der Waals surface area contributed by atoms with Crippen LogP contribution in [-0.2, 0) is 18.0 Å². The second kappa shape index (κ2) is 7.58. The molecule has 2 heterocycles. The minimum Gasteiger partial charge on any atom is -0.487 e. The lowest BCUT2D eigenvalue weighted by atomic mass is 9.99. The first-order valence-corrected chi connectivity index (χ1v) is 9.65. The van der Waals surface area contributed by atoms with Gasteiger partial charge >= 0.3 is 0 Å². The fourth-order valence-electron chi connectivity index (χ4n) is 2.88. The number of anilines is 1. The molecule has 0 bridgehead atoms. The van der Waals surface area contributed by atoms with E-state index in [0.717, 1.165) is 6.07 Å². The molecular weight excluding hydrogens is 383 g/mol. The van der Waals surface area contributed by atoms with Crippen LogP contribution in [0.2, 0.25) is 0 Å². The molecule has 1 aromatic carbocycles. The summed E-state index contributed by atoms with van der Waals surface area (Å²) in [7, 11) is 0.0329. The van der Waals surface area contributed by atoms with Crippen LogP contribution in [0.3, 0.4) is 0 Å². The van der Waals surface area contributed by atoms with E-state index in [9.17, 15) is 13.4 Å². The van der Waals surface area contributed by atoms with E-state index >= 15 is 0 Å². The molecule has 9 heteroatoms. The van der Waals surface area contributed by atoms with Gasteiger partial charge in [-0.2, -0.15) is 5.26 Å². The third-order valence-electron chi connectivity index (χ3n) is 4.65. The van der Waals surface area contributed by atoms with Gasteiger partial charge in [-0.1, -0.05) is 13.0 Å². The van der Waals surface area contributed by atoms with E-state index in [4.69, 9.17) is 10.00 Å². The Morgan fingerprint density at radius 1 is 1.61 bits per heavy atom. The lowest BCUT2D eigenvalue weighted by Crippen LogP contribution is -2.47. The predicted octanol–water partition coefficient (Wildman–Crippen LogP) is 2.63. The summed E-state index contributed by atoms with van der Waals surface area (Å²) in [5, 5.41) is 11.6. The molecule has 0 aliphatic carbocycles. The van der Waals surface area contributed by atoms with Crippen molar-refractivity contribution in [1.29, 1.82) is 5.26 Å².